The van der Waals surface area contributed by atoms with Gasteiger partial charge in [0.05, 0.1) is 0 Å². The van der Waals surface area contributed by atoms with Crippen LogP contribution in [0.1, 0.15) is 0 Å². The minimum absolute atomic E-state index is 0. The van der Waals surface area contributed by atoms with E-state index in [1.54, 1.807) is 0 Å². The molecular formula is C3H13ClINaSi. The summed E-state index contributed by atoms with van der Waals surface area (Å²) in [6.45, 7) is 6.92. The predicted molar refractivity (Wildman–Crippen MR) is 54.6 cm³/mol. The summed E-state index contributed by atoms with van der Waals surface area (Å²) in [6, 6.07) is 0. The van der Waals surface area contributed by atoms with Crippen LogP contribution in [0.25, 0.3) is 0 Å². The van der Waals surface area contributed by atoms with E-state index < -0.39 is 0 Å². The first-order valence-corrected chi connectivity index (χ1v) is 5.20. The molecule has 7 heavy (non-hydrogen) atoms. The van der Waals surface area contributed by atoms with Gasteiger partial charge in [-0.1, -0.05) is 19.6 Å². The fraction of sp³-hybridized carbons (Fsp3) is 1.00. The Balaban J connectivity index is -0.0000000150. The first kappa shape index (κ1) is 22.9. The Kier molecular flexibility index (Phi) is 51.3. The van der Waals surface area contributed by atoms with E-state index in [1.807, 2.05) is 0 Å². The zero-order valence-corrected chi connectivity index (χ0v) is 8.70. The maximum absolute atomic E-state index is 2.31. The quantitative estimate of drug-likeness (QED) is 0.458. The van der Waals surface area contributed by atoms with Gasteiger partial charge in [-0.05, 0) is 0 Å². The Hall–Kier alpha value is 2.24. The summed E-state index contributed by atoms with van der Waals surface area (Å²) in [5.41, 5.74) is 0. The molecule has 0 heterocycles. The number of hydrogen-bond acceptors (Lipinski definition) is 0. The van der Waals surface area contributed by atoms with Crippen molar-refractivity contribution in [1.29, 1.82) is 0 Å². The molecule has 0 bridgehead atoms. The van der Waals surface area contributed by atoms with Gasteiger partial charge in [-0.25, -0.2) is 0 Å². The van der Waals surface area contributed by atoms with Crippen LogP contribution in [-0.2, 0) is 0 Å². The molecule has 44 valence electrons. The normalized spacial score (nSPS) is 5.14. The van der Waals surface area contributed by atoms with Gasteiger partial charge in [-0.2, -0.15) is 0 Å². The Labute approximate surface area is 93.2 Å². The number of halogens is 2. The summed E-state index contributed by atoms with van der Waals surface area (Å²) in [7, 11) is -0.139. The third kappa shape index (κ3) is 64.0. The molecule has 0 aromatic carbocycles. The fourth-order valence-corrected chi connectivity index (χ4v) is 0. The first-order valence-electron chi connectivity index (χ1n) is 1.73. The maximum atomic E-state index is 2.31. The van der Waals surface area contributed by atoms with Crippen molar-refractivity contribution in [1.82, 2.24) is 0 Å². The van der Waals surface area contributed by atoms with Gasteiger partial charge in [0.1, 0.15) is 0 Å². The molecule has 0 aromatic heterocycles. The molecule has 0 aromatic rings. The van der Waals surface area contributed by atoms with Gasteiger partial charge in [-0.3, -0.25) is 0 Å². The fourth-order valence-electron chi connectivity index (χ4n) is 0. The Morgan fingerprint density at radius 1 is 1.00 bits per heavy atom. The average Bonchev–Trinajstić information content (AvgIpc) is 0.811. The van der Waals surface area contributed by atoms with E-state index in [2.05, 4.69) is 19.6 Å². The van der Waals surface area contributed by atoms with Gasteiger partial charge < -0.3 is 0 Å². The third-order valence-corrected chi connectivity index (χ3v) is 0. The summed E-state index contributed by atoms with van der Waals surface area (Å²) in [5.74, 6) is 0. The summed E-state index contributed by atoms with van der Waals surface area (Å²) in [5, 5.41) is 0. The van der Waals surface area contributed by atoms with E-state index in [9.17, 15) is 0 Å². The van der Waals surface area contributed by atoms with Crippen molar-refractivity contribution in [3.05, 3.63) is 0 Å². The van der Waals surface area contributed by atoms with Crippen molar-refractivity contribution in [3.63, 3.8) is 0 Å². The predicted octanol–water partition coefficient (Wildman–Crippen LogP) is 1.49. The molecular weight excluding hydrogens is 249 g/mol. The third-order valence-electron chi connectivity index (χ3n) is 0. The van der Waals surface area contributed by atoms with Crippen molar-refractivity contribution in [2.45, 2.75) is 19.6 Å². The molecule has 0 N–H and O–H groups in total. The monoisotopic (exact) mass is 262 g/mol. The molecule has 0 aliphatic heterocycles. The van der Waals surface area contributed by atoms with E-state index in [4.69, 9.17) is 0 Å². The van der Waals surface area contributed by atoms with Crippen LogP contribution in [-0.4, -0.2) is 38.4 Å². The van der Waals surface area contributed by atoms with Crippen LogP contribution in [0.4, 0.5) is 0 Å². The molecule has 0 atom stereocenters. The van der Waals surface area contributed by atoms with Gasteiger partial charge in [-0.15, -0.1) is 36.4 Å². The second-order valence-corrected chi connectivity index (χ2v) is 5.20. The second kappa shape index (κ2) is 15.7. The van der Waals surface area contributed by atoms with E-state index in [-0.39, 0.29) is 74.7 Å². The molecule has 0 saturated carbocycles. The van der Waals surface area contributed by atoms with Crippen LogP contribution in [0.5, 0.6) is 0 Å². The van der Waals surface area contributed by atoms with Gasteiger partial charge in [0.2, 0.25) is 0 Å². The Morgan fingerprint density at radius 2 is 1.00 bits per heavy atom. The van der Waals surface area contributed by atoms with Crippen molar-refractivity contribution >= 4 is 74.7 Å². The van der Waals surface area contributed by atoms with Crippen LogP contribution >= 0.6 is 36.4 Å². The molecule has 0 fully saturated rings. The van der Waals surface area contributed by atoms with Crippen LogP contribution in [0, 0.1) is 0 Å². The molecule has 4 heteroatoms. The Bertz CT molecular complexity index is 19.7. The van der Waals surface area contributed by atoms with Crippen molar-refractivity contribution < 1.29 is 0 Å². The first-order chi connectivity index (χ1) is 1.73. The van der Waals surface area contributed by atoms with Crippen molar-refractivity contribution in [2.24, 2.45) is 0 Å². The summed E-state index contributed by atoms with van der Waals surface area (Å²) < 4.78 is 0. The SMILES string of the molecule is C[SiH](C)C.Cl.I.[NaH]. The summed E-state index contributed by atoms with van der Waals surface area (Å²) in [4.78, 5) is 0. The minimum atomic E-state index is -0.139. The van der Waals surface area contributed by atoms with Crippen LogP contribution in [0.2, 0.25) is 19.6 Å². The molecule has 0 nitrogen and oxygen atoms in total. The molecule has 0 aliphatic carbocycles. The summed E-state index contributed by atoms with van der Waals surface area (Å²) in [6.07, 6.45) is 0. The Morgan fingerprint density at radius 3 is 1.00 bits per heavy atom. The van der Waals surface area contributed by atoms with E-state index in [0.29, 0.717) is 0 Å². The molecule has 0 unspecified atom stereocenters. The van der Waals surface area contributed by atoms with Gasteiger partial charge in [0, 0.05) is 8.80 Å². The van der Waals surface area contributed by atoms with Crippen molar-refractivity contribution in [3.8, 4) is 0 Å². The molecule has 0 radical (unpaired) electrons. The zero-order chi connectivity index (χ0) is 3.58. The van der Waals surface area contributed by atoms with Gasteiger partial charge >= 0.3 is 29.6 Å². The van der Waals surface area contributed by atoms with Crippen LogP contribution < -0.4 is 0 Å². The standard InChI is InChI=1S/C3H10Si.ClH.HI.Na.H/c1-4(2)3;;;;/h4H,1-3H3;2*1H;;. The number of rotatable bonds is 0. The van der Waals surface area contributed by atoms with Gasteiger partial charge in [0.15, 0.2) is 0 Å². The molecule has 0 saturated heterocycles. The van der Waals surface area contributed by atoms with Crippen LogP contribution in [0.15, 0.2) is 0 Å². The van der Waals surface area contributed by atoms with E-state index in [1.165, 1.54) is 0 Å². The zero-order valence-electron chi connectivity index (χ0n) is 4.39. The second-order valence-electron chi connectivity index (χ2n) is 1.73. The molecule has 0 amide bonds. The molecule has 0 aliphatic rings. The van der Waals surface area contributed by atoms with E-state index in [0.717, 1.165) is 0 Å². The van der Waals surface area contributed by atoms with Crippen molar-refractivity contribution in [2.75, 3.05) is 0 Å². The van der Waals surface area contributed by atoms with Crippen LogP contribution in [0.3, 0.4) is 0 Å². The number of hydrogen-bond donors (Lipinski definition) is 0. The molecule has 0 rings (SSSR count). The summed E-state index contributed by atoms with van der Waals surface area (Å²) >= 11 is 0. The average molecular weight is 263 g/mol. The van der Waals surface area contributed by atoms with E-state index >= 15 is 0 Å². The topological polar surface area (TPSA) is 0 Å². The molecule has 0 spiro atoms. The van der Waals surface area contributed by atoms with Gasteiger partial charge in [0.25, 0.3) is 0 Å².